The van der Waals surface area contributed by atoms with E-state index in [4.69, 9.17) is 14.6 Å². The maximum absolute atomic E-state index is 13.2. The number of carbonyl (C=O) groups excluding carboxylic acids is 1. The summed E-state index contributed by atoms with van der Waals surface area (Å²) in [5, 5.41) is 7.63. The maximum Gasteiger partial charge on any atom is 0.226 e. The molecule has 0 aliphatic rings. The number of anilines is 1. The van der Waals surface area contributed by atoms with E-state index in [-0.39, 0.29) is 18.1 Å². The molecule has 0 aliphatic carbocycles. The number of hydrogen-bond acceptors (Lipinski definition) is 4. The van der Waals surface area contributed by atoms with Crippen LogP contribution in [0.25, 0.3) is 5.69 Å². The van der Waals surface area contributed by atoms with Crippen LogP contribution in [-0.2, 0) is 17.6 Å². The predicted octanol–water partition coefficient (Wildman–Crippen LogP) is 6.25. The highest BCUT2D eigenvalue weighted by atomic mass is 19.1. The second kappa shape index (κ2) is 10.9. The Morgan fingerprint density at radius 1 is 0.971 bits per heavy atom. The lowest BCUT2D eigenvalue weighted by molar-refractivity contribution is -0.116. The minimum absolute atomic E-state index is 0.169. The fourth-order valence-corrected chi connectivity index (χ4v) is 3.73. The van der Waals surface area contributed by atoms with Gasteiger partial charge in [-0.25, -0.2) is 9.07 Å². The van der Waals surface area contributed by atoms with Crippen LogP contribution in [-0.4, -0.2) is 22.8 Å². The molecule has 1 N–H and O–H groups in total. The van der Waals surface area contributed by atoms with Crippen molar-refractivity contribution in [2.24, 2.45) is 0 Å². The maximum atomic E-state index is 13.2. The van der Waals surface area contributed by atoms with Crippen LogP contribution in [0.5, 0.6) is 17.4 Å². The molecule has 1 aromatic heterocycles. The smallest absolute Gasteiger partial charge is 0.226 e. The Bertz CT molecular complexity index is 1280. The van der Waals surface area contributed by atoms with E-state index < -0.39 is 0 Å². The van der Waals surface area contributed by atoms with Crippen molar-refractivity contribution in [3.63, 3.8) is 0 Å². The lowest BCUT2D eigenvalue weighted by Gasteiger charge is -2.12. The number of nitrogens with zero attached hydrogens (tertiary/aromatic N) is 2. The Morgan fingerprint density at radius 3 is 2.26 bits per heavy atom. The molecular weight excluding hydrogens is 445 g/mol. The zero-order valence-electron chi connectivity index (χ0n) is 20.0. The summed E-state index contributed by atoms with van der Waals surface area (Å²) in [7, 11) is 1.62. The van der Waals surface area contributed by atoms with Crippen LogP contribution < -0.4 is 14.8 Å². The van der Waals surface area contributed by atoms with E-state index in [1.807, 2.05) is 62.4 Å². The van der Waals surface area contributed by atoms with Gasteiger partial charge in [-0.2, -0.15) is 5.10 Å². The van der Waals surface area contributed by atoms with Crippen molar-refractivity contribution in [1.82, 2.24) is 9.78 Å². The summed E-state index contributed by atoms with van der Waals surface area (Å²) in [6.45, 7) is 4.05. The number of rotatable bonds is 9. The number of carbonyl (C=O) groups is 1. The monoisotopic (exact) mass is 473 g/mol. The minimum atomic E-state index is -0.348. The van der Waals surface area contributed by atoms with Gasteiger partial charge in [0.15, 0.2) is 0 Å². The number of nitrogens with one attached hydrogen (secondary N) is 1. The first-order chi connectivity index (χ1) is 17.0. The molecule has 0 aliphatic heterocycles. The van der Waals surface area contributed by atoms with Gasteiger partial charge in [0.1, 0.15) is 17.3 Å². The number of ether oxygens (including phenoxy) is 2. The number of methoxy groups -OCH3 is 1. The van der Waals surface area contributed by atoms with Gasteiger partial charge in [0.05, 0.1) is 18.5 Å². The number of aryl methyl sites for hydroxylation is 2. The fraction of sp³-hybridized carbons (Fsp3) is 0.214. The average Bonchev–Trinajstić information content (AvgIpc) is 3.22. The summed E-state index contributed by atoms with van der Waals surface area (Å²) in [5.74, 6) is 1.49. The highest BCUT2D eigenvalue weighted by Gasteiger charge is 2.21. The van der Waals surface area contributed by atoms with E-state index in [0.29, 0.717) is 30.2 Å². The Hall–Kier alpha value is -4.13. The number of amides is 1. The molecule has 4 aromatic rings. The molecule has 6 nitrogen and oxygen atoms in total. The second-order valence-electron chi connectivity index (χ2n) is 8.16. The van der Waals surface area contributed by atoms with E-state index >= 15 is 0 Å². The van der Waals surface area contributed by atoms with Gasteiger partial charge < -0.3 is 14.8 Å². The summed E-state index contributed by atoms with van der Waals surface area (Å²) in [4.78, 5) is 12.6. The van der Waals surface area contributed by atoms with Gasteiger partial charge in [-0.3, -0.25) is 4.79 Å². The molecule has 0 saturated heterocycles. The van der Waals surface area contributed by atoms with Crippen molar-refractivity contribution >= 4 is 11.6 Å². The topological polar surface area (TPSA) is 65.4 Å². The zero-order valence-corrected chi connectivity index (χ0v) is 20.0. The largest absolute Gasteiger partial charge is 0.497 e. The number of halogens is 1. The van der Waals surface area contributed by atoms with Crippen LogP contribution in [0.3, 0.4) is 0 Å². The molecule has 0 unspecified atom stereocenters. The summed E-state index contributed by atoms with van der Waals surface area (Å²) in [5.41, 5.74) is 4.24. The first-order valence-corrected chi connectivity index (χ1v) is 11.5. The average molecular weight is 474 g/mol. The van der Waals surface area contributed by atoms with Gasteiger partial charge in [0.2, 0.25) is 11.8 Å². The molecule has 0 fully saturated rings. The van der Waals surface area contributed by atoms with Gasteiger partial charge in [0, 0.05) is 17.7 Å². The van der Waals surface area contributed by atoms with E-state index in [9.17, 15) is 9.18 Å². The van der Waals surface area contributed by atoms with Crippen molar-refractivity contribution in [2.75, 3.05) is 12.4 Å². The van der Waals surface area contributed by atoms with E-state index in [0.717, 1.165) is 28.3 Å². The molecule has 0 radical (unpaired) electrons. The Balaban J connectivity index is 1.64. The van der Waals surface area contributed by atoms with E-state index in [2.05, 4.69) is 5.32 Å². The summed E-state index contributed by atoms with van der Waals surface area (Å²) < 4.78 is 26.6. The third-order valence-electron chi connectivity index (χ3n) is 5.64. The van der Waals surface area contributed by atoms with Gasteiger partial charge >= 0.3 is 0 Å². The quantitative estimate of drug-likeness (QED) is 0.312. The molecule has 0 bridgehead atoms. The van der Waals surface area contributed by atoms with Gasteiger partial charge in [-0.1, -0.05) is 24.6 Å². The van der Waals surface area contributed by atoms with Crippen LogP contribution in [0.4, 0.5) is 10.1 Å². The third kappa shape index (κ3) is 5.87. The predicted molar refractivity (Wildman–Crippen MR) is 134 cm³/mol. The zero-order chi connectivity index (χ0) is 24.8. The normalized spacial score (nSPS) is 10.7. The highest BCUT2D eigenvalue weighted by molar-refractivity contribution is 5.90. The molecule has 1 heterocycles. The number of benzene rings is 3. The lowest BCUT2D eigenvalue weighted by Crippen LogP contribution is -2.12. The molecule has 0 spiro atoms. The SMILES string of the molecule is CCc1nn(-c2ccc(OC)cc2)c(Oc2ccc(C)cc2)c1CCC(=O)Nc1ccc(F)cc1. The summed E-state index contributed by atoms with van der Waals surface area (Å²) in [6.07, 6.45) is 1.35. The molecule has 0 atom stereocenters. The van der Waals surface area contributed by atoms with Crippen LogP contribution >= 0.6 is 0 Å². The minimum Gasteiger partial charge on any atom is -0.497 e. The van der Waals surface area contributed by atoms with Crippen LogP contribution in [0.1, 0.15) is 30.2 Å². The second-order valence-corrected chi connectivity index (χ2v) is 8.16. The molecule has 7 heteroatoms. The summed E-state index contributed by atoms with van der Waals surface area (Å²) >= 11 is 0. The molecule has 180 valence electrons. The lowest BCUT2D eigenvalue weighted by atomic mass is 10.1. The van der Waals surface area contributed by atoms with Crippen LogP contribution in [0.2, 0.25) is 0 Å². The van der Waals surface area contributed by atoms with E-state index in [1.54, 1.807) is 23.9 Å². The van der Waals surface area contributed by atoms with Gasteiger partial charge in [0.25, 0.3) is 0 Å². The standard InChI is InChI=1S/C28H28FN3O3/c1-4-26-25(17-18-27(33)30-21-9-7-20(29)8-10-21)28(35-24-13-5-19(2)6-14-24)32(31-26)22-11-15-23(34-3)16-12-22/h5-16H,4,17-18H2,1-3H3,(H,30,33). The molecule has 1 amide bonds. The molecule has 35 heavy (non-hydrogen) atoms. The molecule has 0 saturated carbocycles. The first kappa shape index (κ1) is 24.0. The Labute approximate surface area is 204 Å². The Kier molecular flexibility index (Phi) is 7.45. The van der Waals surface area contributed by atoms with Crippen LogP contribution in [0.15, 0.2) is 72.8 Å². The molecular formula is C28H28FN3O3. The van der Waals surface area contributed by atoms with Crippen molar-refractivity contribution in [3.05, 3.63) is 95.4 Å². The van der Waals surface area contributed by atoms with Crippen molar-refractivity contribution < 1.29 is 18.7 Å². The van der Waals surface area contributed by atoms with Crippen molar-refractivity contribution in [3.8, 4) is 23.1 Å². The van der Waals surface area contributed by atoms with Gasteiger partial charge in [-0.05, 0) is 80.4 Å². The Morgan fingerprint density at radius 2 is 1.63 bits per heavy atom. The van der Waals surface area contributed by atoms with Crippen LogP contribution in [0, 0.1) is 12.7 Å². The number of aromatic nitrogens is 2. The molecule has 4 rings (SSSR count). The van der Waals surface area contributed by atoms with E-state index in [1.165, 1.54) is 12.1 Å². The number of hydrogen-bond donors (Lipinski definition) is 1. The van der Waals surface area contributed by atoms with Crippen molar-refractivity contribution in [1.29, 1.82) is 0 Å². The molecule has 3 aromatic carbocycles. The first-order valence-electron chi connectivity index (χ1n) is 11.5. The fourth-order valence-electron chi connectivity index (χ4n) is 3.73. The van der Waals surface area contributed by atoms with Crippen molar-refractivity contribution in [2.45, 2.75) is 33.1 Å². The van der Waals surface area contributed by atoms with Gasteiger partial charge in [-0.15, -0.1) is 0 Å². The summed E-state index contributed by atoms with van der Waals surface area (Å²) in [6, 6.07) is 21.1. The third-order valence-corrected chi connectivity index (χ3v) is 5.64. The highest BCUT2D eigenvalue weighted by Crippen LogP contribution is 2.33.